The van der Waals surface area contributed by atoms with E-state index in [1.54, 1.807) is 0 Å². The van der Waals surface area contributed by atoms with Crippen LogP contribution in [0.2, 0.25) is 0 Å². The molecule has 0 radical (unpaired) electrons. The Kier molecular flexibility index (Phi) is 4.84. The first-order valence-electron chi connectivity index (χ1n) is 6.34. The van der Waals surface area contributed by atoms with Gasteiger partial charge >= 0.3 is 0 Å². The first-order chi connectivity index (χ1) is 8.92. The molecule has 5 heteroatoms. The second-order valence-electron chi connectivity index (χ2n) is 4.23. The van der Waals surface area contributed by atoms with Gasteiger partial charge in [0.2, 0.25) is 0 Å². The minimum atomic E-state index is 0.278. The first kappa shape index (κ1) is 12.7. The van der Waals surface area contributed by atoms with E-state index in [-0.39, 0.29) is 6.61 Å². The van der Waals surface area contributed by atoms with Crippen molar-refractivity contribution in [1.82, 2.24) is 20.2 Å². The molecule has 5 nitrogen and oxygen atoms in total. The van der Waals surface area contributed by atoms with Gasteiger partial charge in [-0.1, -0.05) is 43.2 Å². The third kappa shape index (κ3) is 3.37. The number of unbranched alkanes of at least 4 members (excludes halogenated alkanes) is 3. The molecule has 2 aromatic rings. The Hall–Kier alpha value is -1.75. The predicted octanol–water partition coefficient (Wildman–Crippen LogP) is 1.89. The zero-order chi connectivity index (χ0) is 12.6. The summed E-state index contributed by atoms with van der Waals surface area (Å²) >= 11 is 0. The minimum absolute atomic E-state index is 0.278. The molecule has 0 unspecified atom stereocenters. The fourth-order valence-corrected chi connectivity index (χ4v) is 1.88. The SMILES string of the molecule is OCCCCCCn1nnnc1-c1ccccc1. The number of hydrogen-bond donors (Lipinski definition) is 1. The lowest BCUT2D eigenvalue weighted by atomic mass is 10.2. The highest BCUT2D eigenvalue weighted by molar-refractivity contribution is 5.53. The van der Waals surface area contributed by atoms with Gasteiger partial charge in [0, 0.05) is 18.7 Å². The lowest BCUT2D eigenvalue weighted by Gasteiger charge is -2.04. The number of benzene rings is 1. The van der Waals surface area contributed by atoms with Crippen molar-refractivity contribution >= 4 is 0 Å². The molecule has 0 fully saturated rings. The van der Waals surface area contributed by atoms with Crippen molar-refractivity contribution in [2.45, 2.75) is 32.2 Å². The van der Waals surface area contributed by atoms with Crippen LogP contribution in [0.5, 0.6) is 0 Å². The summed E-state index contributed by atoms with van der Waals surface area (Å²) < 4.78 is 1.84. The molecular weight excluding hydrogens is 228 g/mol. The van der Waals surface area contributed by atoms with Crippen LogP contribution in [0, 0.1) is 0 Å². The smallest absolute Gasteiger partial charge is 0.182 e. The van der Waals surface area contributed by atoms with Crippen LogP contribution in [0.4, 0.5) is 0 Å². The molecule has 0 atom stereocenters. The Morgan fingerprint density at radius 1 is 1.00 bits per heavy atom. The van der Waals surface area contributed by atoms with Gasteiger partial charge in [-0.25, -0.2) is 4.68 Å². The molecule has 0 saturated heterocycles. The number of rotatable bonds is 7. The Morgan fingerprint density at radius 3 is 2.56 bits per heavy atom. The van der Waals surface area contributed by atoms with Gasteiger partial charge in [0.15, 0.2) is 5.82 Å². The zero-order valence-corrected chi connectivity index (χ0v) is 10.4. The summed E-state index contributed by atoms with van der Waals surface area (Å²) in [6.45, 7) is 1.10. The average Bonchev–Trinajstić information content (AvgIpc) is 2.88. The summed E-state index contributed by atoms with van der Waals surface area (Å²) in [4.78, 5) is 0. The van der Waals surface area contributed by atoms with Crippen molar-refractivity contribution < 1.29 is 5.11 Å². The molecule has 0 saturated carbocycles. The lowest BCUT2D eigenvalue weighted by molar-refractivity contribution is 0.282. The summed E-state index contributed by atoms with van der Waals surface area (Å²) in [6.07, 6.45) is 4.06. The summed E-state index contributed by atoms with van der Waals surface area (Å²) in [6, 6.07) is 9.96. The summed E-state index contributed by atoms with van der Waals surface area (Å²) in [5.74, 6) is 0.817. The Labute approximate surface area is 106 Å². The van der Waals surface area contributed by atoms with E-state index in [0.29, 0.717) is 0 Å². The second kappa shape index (κ2) is 6.86. The lowest BCUT2D eigenvalue weighted by Crippen LogP contribution is -2.03. The second-order valence-corrected chi connectivity index (χ2v) is 4.23. The van der Waals surface area contributed by atoms with Crippen LogP contribution in [0.25, 0.3) is 11.4 Å². The van der Waals surface area contributed by atoms with E-state index in [1.165, 1.54) is 0 Å². The van der Waals surface area contributed by atoms with Gasteiger partial charge in [0.25, 0.3) is 0 Å². The van der Waals surface area contributed by atoms with Gasteiger partial charge in [0.05, 0.1) is 0 Å². The molecular formula is C13H18N4O. The molecule has 0 aliphatic rings. The van der Waals surface area contributed by atoms with Crippen molar-refractivity contribution in [3.05, 3.63) is 30.3 Å². The molecule has 2 rings (SSSR count). The predicted molar refractivity (Wildman–Crippen MR) is 68.8 cm³/mol. The van der Waals surface area contributed by atoms with E-state index in [1.807, 2.05) is 35.0 Å². The topological polar surface area (TPSA) is 63.8 Å². The number of aromatic nitrogens is 4. The minimum Gasteiger partial charge on any atom is -0.396 e. The highest BCUT2D eigenvalue weighted by Gasteiger charge is 2.07. The van der Waals surface area contributed by atoms with Crippen LogP contribution in [-0.4, -0.2) is 31.9 Å². The quantitative estimate of drug-likeness (QED) is 0.758. The fourth-order valence-electron chi connectivity index (χ4n) is 1.88. The first-order valence-corrected chi connectivity index (χ1v) is 6.34. The van der Waals surface area contributed by atoms with Gasteiger partial charge in [-0.3, -0.25) is 0 Å². The molecule has 0 bridgehead atoms. The van der Waals surface area contributed by atoms with Crippen LogP contribution >= 0.6 is 0 Å². The van der Waals surface area contributed by atoms with Crippen LogP contribution in [-0.2, 0) is 6.54 Å². The highest BCUT2D eigenvalue weighted by atomic mass is 16.2. The number of hydrogen-bond acceptors (Lipinski definition) is 4. The Bertz CT molecular complexity index is 455. The maximum atomic E-state index is 8.70. The van der Waals surface area contributed by atoms with Crippen LogP contribution in [0.3, 0.4) is 0 Å². The Morgan fingerprint density at radius 2 is 1.78 bits per heavy atom. The van der Waals surface area contributed by atoms with E-state index in [2.05, 4.69) is 15.5 Å². The van der Waals surface area contributed by atoms with Crippen LogP contribution < -0.4 is 0 Å². The third-order valence-corrected chi connectivity index (χ3v) is 2.84. The number of aliphatic hydroxyl groups is 1. The monoisotopic (exact) mass is 246 g/mol. The number of aliphatic hydroxyl groups excluding tert-OH is 1. The van der Waals surface area contributed by atoms with E-state index < -0.39 is 0 Å². The van der Waals surface area contributed by atoms with Crippen molar-refractivity contribution in [2.75, 3.05) is 6.61 Å². The van der Waals surface area contributed by atoms with Crippen molar-refractivity contribution in [3.63, 3.8) is 0 Å². The molecule has 0 aliphatic heterocycles. The molecule has 1 heterocycles. The molecule has 1 aromatic carbocycles. The van der Waals surface area contributed by atoms with Crippen molar-refractivity contribution in [3.8, 4) is 11.4 Å². The highest BCUT2D eigenvalue weighted by Crippen LogP contribution is 2.15. The van der Waals surface area contributed by atoms with Gasteiger partial charge in [-0.15, -0.1) is 5.10 Å². The number of tetrazole rings is 1. The normalized spacial score (nSPS) is 10.7. The van der Waals surface area contributed by atoms with E-state index in [9.17, 15) is 0 Å². The summed E-state index contributed by atoms with van der Waals surface area (Å²) in [5.41, 5.74) is 1.04. The maximum absolute atomic E-state index is 8.70. The average molecular weight is 246 g/mol. The standard InChI is InChI=1S/C13H18N4O/c18-11-7-2-1-6-10-17-13(14-15-16-17)12-8-4-3-5-9-12/h3-5,8-9,18H,1-2,6-7,10-11H2. The molecule has 1 N–H and O–H groups in total. The van der Waals surface area contributed by atoms with Crippen molar-refractivity contribution in [1.29, 1.82) is 0 Å². The molecule has 1 aromatic heterocycles. The Balaban J connectivity index is 1.92. The summed E-state index contributed by atoms with van der Waals surface area (Å²) in [5, 5.41) is 20.5. The van der Waals surface area contributed by atoms with Gasteiger partial charge in [-0.2, -0.15) is 0 Å². The van der Waals surface area contributed by atoms with Crippen molar-refractivity contribution in [2.24, 2.45) is 0 Å². The number of nitrogens with zero attached hydrogens (tertiary/aromatic N) is 4. The number of aryl methyl sites for hydroxylation is 1. The molecule has 18 heavy (non-hydrogen) atoms. The largest absolute Gasteiger partial charge is 0.396 e. The maximum Gasteiger partial charge on any atom is 0.182 e. The molecule has 0 spiro atoms. The zero-order valence-electron chi connectivity index (χ0n) is 10.4. The van der Waals surface area contributed by atoms with E-state index >= 15 is 0 Å². The van der Waals surface area contributed by atoms with Crippen LogP contribution in [0.1, 0.15) is 25.7 Å². The van der Waals surface area contributed by atoms with Gasteiger partial charge in [-0.05, 0) is 23.3 Å². The van der Waals surface area contributed by atoms with E-state index in [0.717, 1.165) is 43.6 Å². The molecule has 0 amide bonds. The van der Waals surface area contributed by atoms with Crippen LogP contribution in [0.15, 0.2) is 30.3 Å². The van der Waals surface area contributed by atoms with E-state index in [4.69, 9.17) is 5.11 Å². The molecule has 96 valence electrons. The summed E-state index contributed by atoms with van der Waals surface area (Å²) in [7, 11) is 0. The van der Waals surface area contributed by atoms with Gasteiger partial charge in [0.1, 0.15) is 0 Å². The third-order valence-electron chi connectivity index (χ3n) is 2.84. The molecule has 0 aliphatic carbocycles. The fraction of sp³-hybridized carbons (Fsp3) is 0.462. The van der Waals surface area contributed by atoms with Gasteiger partial charge < -0.3 is 5.11 Å².